The van der Waals surface area contributed by atoms with Crippen LogP contribution in [0.1, 0.15) is 37.8 Å². The Morgan fingerprint density at radius 1 is 1.13 bits per heavy atom. The van der Waals surface area contributed by atoms with Crippen LogP contribution < -0.4 is 4.72 Å². The molecule has 1 aliphatic rings. The maximum absolute atomic E-state index is 13.1. The Morgan fingerprint density at radius 3 is 2.39 bits per heavy atom. The molecule has 1 N–H and O–H groups in total. The van der Waals surface area contributed by atoms with Gasteiger partial charge in [-0.2, -0.15) is 0 Å². The number of alkyl halides is 2. The molecule has 0 aromatic heterocycles. The second-order valence-electron chi connectivity index (χ2n) is 8.37. The van der Waals surface area contributed by atoms with Gasteiger partial charge in [-0.05, 0) is 35.6 Å². The average molecular weight is 451 g/mol. The molecule has 2 aromatic rings. The highest BCUT2D eigenvalue weighted by Gasteiger charge is 2.38. The minimum atomic E-state index is -3.43. The van der Waals surface area contributed by atoms with Crippen LogP contribution in [0.2, 0.25) is 0 Å². The zero-order chi connectivity index (χ0) is 22.8. The quantitative estimate of drug-likeness (QED) is 0.693. The van der Waals surface area contributed by atoms with Gasteiger partial charge in [0.1, 0.15) is 0 Å². The topological polar surface area (TPSA) is 66.5 Å². The largest absolute Gasteiger partial charge is 0.337 e. The monoisotopic (exact) mass is 450 g/mol. The standard InChI is InChI=1S/C23H28F2N2O3S/c1-15(2)23(28)27-11-10-20(26-31(3,29)30)21(27)13-16-6-4-7-17(12-16)18-8-5-9-19(14-18)22(24)25/h4-9,12,14-15,20-22,26H,10-11,13H2,1-3H3/t20-,21-/m0/s1. The summed E-state index contributed by atoms with van der Waals surface area (Å²) in [6.45, 7) is 4.14. The number of likely N-dealkylation sites (tertiary alicyclic amines) is 1. The van der Waals surface area contributed by atoms with E-state index in [1.807, 2.05) is 38.1 Å². The van der Waals surface area contributed by atoms with Crippen molar-refractivity contribution in [3.05, 3.63) is 59.7 Å². The summed E-state index contributed by atoms with van der Waals surface area (Å²) in [5.41, 5.74) is 2.36. The van der Waals surface area contributed by atoms with Gasteiger partial charge in [0, 0.05) is 24.1 Å². The molecule has 0 spiro atoms. The molecule has 1 amide bonds. The van der Waals surface area contributed by atoms with Crippen molar-refractivity contribution in [2.75, 3.05) is 12.8 Å². The fraction of sp³-hybridized carbons (Fsp3) is 0.435. The minimum absolute atomic E-state index is 0.0106. The number of nitrogens with zero attached hydrogens (tertiary/aromatic N) is 1. The lowest BCUT2D eigenvalue weighted by Crippen LogP contribution is -2.48. The van der Waals surface area contributed by atoms with E-state index in [1.165, 1.54) is 12.1 Å². The summed E-state index contributed by atoms with van der Waals surface area (Å²) in [7, 11) is -3.43. The number of rotatable bonds is 7. The summed E-state index contributed by atoms with van der Waals surface area (Å²) >= 11 is 0. The van der Waals surface area contributed by atoms with E-state index in [9.17, 15) is 22.0 Å². The molecule has 168 valence electrons. The van der Waals surface area contributed by atoms with Crippen LogP contribution in [0.4, 0.5) is 8.78 Å². The van der Waals surface area contributed by atoms with Crippen molar-refractivity contribution >= 4 is 15.9 Å². The van der Waals surface area contributed by atoms with Crippen molar-refractivity contribution in [3.8, 4) is 11.1 Å². The van der Waals surface area contributed by atoms with E-state index in [1.54, 1.807) is 17.0 Å². The van der Waals surface area contributed by atoms with Gasteiger partial charge in [-0.3, -0.25) is 4.79 Å². The molecule has 3 rings (SSSR count). The molecule has 0 saturated carbocycles. The summed E-state index contributed by atoms with van der Waals surface area (Å²) in [4.78, 5) is 14.5. The van der Waals surface area contributed by atoms with E-state index in [4.69, 9.17) is 0 Å². The van der Waals surface area contributed by atoms with Gasteiger partial charge in [-0.15, -0.1) is 0 Å². The lowest BCUT2D eigenvalue weighted by atomic mass is 9.96. The summed E-state index contributed by atoms with van der Waals surface area (Å²) in [5.74, 6) is -0.202. The van der Waals surface area contributed by atoms with Crippen molar-refractivity contribution in [2.45, 2.75) is 45.2 Å². The predicted octanol–water partition coefficient (Wildman–Crippen LogP) is 4.01. The average Bonchev–Trinajstić information content (AvgIpc) is 3.08. The molecule has 0 bridgehead atoms. The number of hydrogen-bond donors (Lipinski definition) is 1. The number of halogens is 2. The molecule has 1 aliphatic heterocycles. The molecule has 1 fully saturated rings. The van der Waals surface area contributed by atoms with Gasteiger partial charge in [0.2, 0.25) is 15.9 Å². The molecule has 0 unspecified atom stereocenters. The third-order valence-electron chi connectivity index (χ3n) is 5.53. The van der Waals surface area contributed by atoms with Crippen molar-refractivity contribution in [1.82, 2.24) is 9.62 Å². The first-order chi connectivity index (χ1) is 14.5. The highest BCUT2D eigenvalue weighted by molar-refractivity contribution is 7.88. The van der Waals surface area contributed by atoms with Crippen LogP contribution in [0.5, 0.6) is 0 Å². The Labute approximate surface area is 182 Å². The van der Waals surface area contributed by atoms with Crippen LogP contribution in [0.25, 0.3) is 11.1 Å². The Kier molecular flexibility index (Phi) is 7.11. The number of sulfonamides is 1. The molecular weight excluding hydrogens is 422 g/mol. The van der Waals surface area contributed by atoms with E-state index in [2.05, 4.69) is 4.72 Å². The lowest BCUT2D eigenvalue weighted by molar-refractivity contribution is -0.135. The second-order valence-corrected chi connectivity index (χ2v) is 10.1. The first-order valence-electron chi connectivity index (χ1n) is 10.3. The van der Waals surface area contributed by atoms with Crippen molar-refractivity contribution in [2.24, 2.45) is 5.92 Å². The van der Waals surface area contributed by atoms with E-state index >= 15 is 0 Å². The molecule has 0 aliphatic carbocycles. The maximum atomic E-state index is 13.1. The number of benzene rings is 2. The molecular formula is C23H28F2N2O3S. The molecule has 1 heterocycles. The first kappa shape index (κ1) is 23.3. The minimum Gasteiger partial charge on any atom is -0.337 e. The number of hydrogen-bond acceptors (Lipinski definition) is 3. The van der Waals surface area contributed by atoms with Crippen LogP contribution >= 0.6 is 0 Å². The van der Waals surface area contributed by atoms with Crippen molar-refractivity contribution < 1.29 is 22.0 Å². The van der Waals surface area contributed by atoms with Crippen LogP contribution in [0.15, 0.2) is 48.5 Å². The zero-order valence-electron chi connectivity index (χ0n) is 17.9. The van der Waals surface area contributed by atoms with Crippen LogP contribution in [-0.4, -0.2) is 44.1 Å². The highest BCUT2D eigenvalue weighted by Crippen LogP contribution is 2.29. The van der Waals surface area contributed by atoms with Crippen LogP contribution in [0, 0.1) is 5.92 Å². The number of carbonyl (C=O) groups is 1. The Morgan fingerprint density at radius 2 is 1.77 bits per heavy atom. The third-order valence-corrected chi connectivity index (χ3v) is 6.26. The van der Waals surface area contributed by atoms with Crippen molar-refractivity contribution in [3.63, 3.8) is 0 Å². The smallest absolute Gasteiger partial charge is 0.263 e. The van der Waals surface area contributed by atoms with E-state index in [0.717, 1.165) is 17.4 Å². The molecule has 0 radical (unpaired) electrons. The molecule has 2 aromatic carbocycles. The van der Waals surface area contributed by atoms with Gasteiger partial charge in [0.25, 0.3) is 6.43 Å². The Hall–Kier alpha value is -2.32. The van der Waals surface area contributed by atoms with Crippen LogP contribution in [-0.2, 0) is 21.2 Å². The van der Waals surface area contributed by atoms with E-state index in [0.29, 0.717) is 24.9 Å². The number of nitrogens with one attached hydrogen (secondary N) is 1. The van der Waals surface area contributed by atoms with Crippen molar-refractivity contribution in [1.29, 1.82) is 0 Å². The van der Waals surface area contributed by atoms with Gasteiger partial charge in [0.05, 0.1) is 12.3 Å². The van der Waals surface area contributed by atoms with Gasteiger partial charge < -0.3 is 4.90 Å². The normalized spacial score (nSPS) is 19.4. The fourth-order valence-electron chi connectivity index (χ4n) is 4.10. The first-order valence-corrected chi connectivity index (χ1v) is 12.2. The van der Waals surface area contributed by atoms with Gasteiger partial charge in [-0.25, -0.2) is 21.9 Å². The van der Waals surface area contributed by atoms with Gasteiger partial charge in [0.15, 0.2) is 0 Å². The van der Waals surface area contributed by atoms with Crippen LogP contribution in [0.3, 0.4) is 0 Å². The summed E-state index contributed by atoms with van der Waals surface area (Å²) in [5, 5.41) is 0. The molecule has 1 saturated heterocycles. The lowest BCUT2D eigenvalue weighted by Gasteiger charge is -2.30. The summed E-state index contributed by atoms with van der Waals surface area (Å²) in [6, 6.07) is 13.1. The van der Waals surface area contributed by atoms with E-state index < -0.39 is 16.4 Å². The van der Waals surface area contributed by atoms with Gasteiger partial charge in [-0.1, -0.05) is 56.3 Å². The number of carbonyl (C=O) groups excluding carboxylic acids is 1. The molecule has 31 heavy (non-hydrogen) atoms. The molecule has 2 atom stereocenters. The SMILES string of the molecule is CC(C)C(=O)N1CC[C@H](NS(C)(=O)=O)[C@@H]1Cc1cccc(-c2cccc(C(F)F)c2)c1. The fourth-order valence-corrected chi connectivity index (χ4v) is 4.92. The number of amides is 1. The third kappa shape index (κ3) is 5.89. The Bertz CT molecular complexity index is 1040. The summed E-state index contributed by atoms with van der Waals surface area (Å²) < 4.78 is 52.5. The molecule has 8 heteroatoms. The Balaban J connectivity index is 1.89. The predicted molar refractivity (Wildman–Crippen MR) is 117 cm³/mol. The zero-order valence-corrected chi connectivity index (χ0v) is 18.7. The van der Waals surface area contributed by atoms with Gasteiger partial charge >= 0.3 is 0 Å². The second kappa shape index (κ2) is 9.44. The highest BCUT2D eigenvalue weighted by atomic mass is 32.2. The molecule has 5 nitrogen and oxygen atoms in total. The maximum Gasteiger partial charge on any atom is 0.263 e. The summed E-state index contributed by atoms with van der Waals surface area (Å²) in [6.07, 6.45) is -0.409. The van der Waals surface area contributed by atoms with E-state index in [-0.39, 0.29) is 29.5 Å².